The normalized spacial score (nSPS) is 20.6. The maximum Gasteiger partial charge on any atom is 0.407 e. The predicted octanol–water partition coefficient (Wildman–Crippen LogP) is 3.31. The molecular formula is C39H42N2O13. The van der Waals surface area contributed by atoms with Crippen LogP contribution in [0.3, 0.4) is 0 Å². The largest absolute Gasteiger partial charge is 0.463 e. The molecule has 2 amide bonds. The van der Waals surface area contributed by atoms with Crippen molar-refractivity contribution in [1.29, 1.82) is 0 Å². The summed E-state index contributed by atoms with van der Waals surface area (Å²) in [6.45, 7) is 3.35. The van der Waals surface area contributed by atoms with Gasteiger partial charge in [0.25, 0.3) is 0 Å². The molecule has 1 fully saturated rings. The Morgan fingerprint density at radius 3 is 1.87 bits per heavy atom. The molecule has 0 aromatic heterocycles. The van der Waals surface area contributed by atoms with Gasteiger partial charge >= 0.3 is 30.0 Å². The molecule has 0 bridgehead atoms. The number of rotatable bonds is 14. The van der Waals surface area contributed by atoms with E-state index in [-0.39, 0.29) is 19.1 Å². The van der Waals surface area contributed by atoms with Crippen molar-refractivity contribution in [3.63, 3.8) is 0 Å². The topological polar surface area (TPSA) is 191 Å². The van der Waals surface area contributed by atoms with E-state index in [9.17, 15) is 28.8 Å². The van der Waals surface area contributed by atoms with Crippen LogP contribution in [-0.4, -0.2) is 92.4 Å². The third-order valence-corrected chi connectivity index (χ3v) is 8.64. The van der Waals surface area contributed by atoms with Crippen molar-refractivity contribution >= 4 is 35.9 Å². The maximum absolute atomic E-state index is 13.5. The molecule has 6 atom stereocenters. The highest BCUT2D eigenvalue weighted by Crippen LogP contribution is 2.44. The van der Waals surface area contributed by atoms with Crippen LogP contribution in [0.5, 0.6) is 0 Å². The van der Waals surface area contributed by atoms with Crippen molar-refractivity contribution in [3.05, 3.63) is 95.6 Å². The van der Waals surface area contributed by atoms with Crippen LogP contribution >= 0.6 is 0 Å². The van der Waals surface area contributed by atoms with Crippen molar-refractivity contribution in [2.45, 2.75) is 76.9 Å². The summed E-state index contributed by atoms with van der Waals surface area (Å²) in [5, 5.41) is 5.11. The maximum atomic E-state index is 13.5. The molecule has 0 saturated carbocycles. The van der Waals surface area contributed by atoms with Gasteiger partial charge in [0, 0.05) is 33.6 Å². The second-order valence-electron chi connectivity index (χ2n) is 12.7. The molecule has 3 aromatic carbocycles. The van der Waals surface area contributed by atoms with Gasteiger partial charge in [0.2, 0.25) is 5.91 Å². The minimum atomic E-state index is -1.50. The number of carbonyl (C=O) groups excluding carboxylic acids is 6. The fraction of sp³-hybridized carbons (Fsp3) is 0.385. The lowest BCUT2D eigenvalue weighted by Crippen LogP contribution is -2.67. The van der Waals surface area contributed by atoms with Crippen molar-refractivity contribution in [3.8, 4) is 11.1 Å². The highest BCUT2D eigenvalue weighted by molar-refractivity contribution is 5.82. The zero-order chi connectivity index (χ0) is 38.8. The standard InChI is InChI=1S/C39H42N2O13/c1-22(42)40-34-36(53-25(4)45)35(52-24(3)44)33(21-48-23(2)43)54-38(34)50-20-32(37(46)49-18-26-12-6-5-7-13-26)41-39(47)51-19-31-29-16-10-8-14-27(29)28-15-9-11-17-30(28)31/h5-17,31-36,38H,18-21H2,1-4H3,(H,40,42)(H,41,47)/t32-,33+,34+,35+,36+,38+/m0/s1. The molecule has 5 rings (SSSR count). The van der Waals surface area contributed by atoms with Gasteiger partial charge in [-0.05, 0) is 27.8 Å². The van der Waals surface area contributed by atoms with E-state index in [1.54, 1.807) is 30.3 Å². The van der Waals surface area contributed by atoms with Gasteiger partial charge < -0.3 is 43.8 Å². The zero-order valence-corrected chi connectivity index (χ0v) is 30.2. The molecule has 286 valence electrons. The van der Waals surface area contributed by atoms with Crippen LogP contribution in [0, 0.1) is 0 Å². The van der Waals surface area contributed by atoms with E-state index in [4.69, 9.17) is 33.2 Å². The second kappa shape index (κ2) is 18.3. The first-order valence-corrected chi connectivity index (χ1v) is 17.2. The van der Waals surface area contributed by atoms with Crippen LogP contribution in [0.1, 0.15) is 50.3 Å². The van der Waals surface area contributed by atoms with Crippen molar-refractivity contribution < 1.29 is 61.9 Å². The van der Waals surface area contributed by atoms with Gasteiger partial charge in [-0.3, -0.25) is 19.2 Å². The average Bonchev–Trinajstić information content (AvgIpc) is 3.46. The van der Waals surface area contributed by atoms with E-state index < -0.39 is 85.8 Å². The molecule has 0 radical (unpaired) electrons. The van der Waals surface area contributed by atoms with Crippen LogP contribution in [0.2, 0.25) is 0 Å². The minimum absolute atomic E-state index is 0.0394. The SMILES string of the molecule is CC(=O)N[C@H]1[C@H](OC[C@H](NC(=O)OCC2c3ccccc3-c3ccccc32)C(=O)OCc2ccccc2)O[C@H](COC(C)=O)[C@@H](OC(C)=O)[C@@H]1OC(C)=O. The number of nitrogens with one attached hydrogen (secondary N) is 2. The Morgan fingerprint density at radius 2 is 1.28 bits per heavy atom. The summed E-state index contributed by atoms with van der Waals surface area (Å²) in [5.41, 5.74) is 4.74. The molecule has 0 spiro atoms. The van der Waals surface area contributed by atoms with E-state index in [0.717, 1.165) is 43.0 Å². The number of carbonyl (C=O) groups is 6. The monoisotopic (exact) mass is 746 g/mol. The molecule has 2 N–H and O–H groups in total. The molecule has 15 heteroatoms. The zero-order valence-electron chi connectivity index (χ0n) is 30.2. The highest BCUT2D eigenvalue weighted by Gasteiger charge is 2.51. The third kappa shape index (κ3) is 10.2. The Kier molecular flexibility index (Phi) is 13.4. The smallest absolute Gasteiger partial charge is 0.407 e. The van der Waals surface area contributed by atoms with Gasteiger partial charge in [-0.1, -0.05) is 78.9 Å². The Morgan fingerprint density at radius 1 is 0.685 bits per heavy atom. The van der Waals surface area contributed by atoms with Crippen molar-refractivity contribution in [1.82, 2.24) is 10.6 Å². The Hall–Kier alpha value is -5.80. The number of esters is 4. The summed E-state index contributed by atoms with van der Waals surface area (Å²) in [6.07, 6.45) is -6.44. The van der Waals surface area contributed by atoms with Crippen molar-refractivity contribution in [2.24, 2.45) is 0 Å². The summed E-state index contributed by atoms with van der Waals surface area (Å²) >= 11 is 0. The molecular weight excluding hydrogens is 704 g/mol. The second-order valence-corrected chi connectivity index (χ2v) is 12.7. The lowest BCUT2D eigenvalue weighted by atomic mass is 9.96. The van der Waals surface area contributed by atoms with Gasteiger partial charge in [0.05, 0.1) is 6.61 Å². The molecule has 1 aliphatic carbocycles. The molecule has 2 aliphatic rings. The number of ether oxygens (including phenoxy) is 7. The summed E-state index contributed by atoms with van der Waals surface area (Å²) in [7, 11) is 0. The van der Waals surface area contributed by atoms with Crippen LogP contribution in [-0.2, 0) is 63.7 Å². The first kappa shape index (κ1) is 39.4. The minimum Gasteiger partial charge on any atom is -0.463 e. The first-order chi connectivity index (χ1) is 25.9. The van der Waals surface area contributed by atoms with Gasteiger partial charge in [-0.25, -0.2) is 9.59 Å². The fourth-order valence-electron chi connectivity index (χ4n) is 6.40. The number of benzene rings is 3. The number of fused-ring (bicyclic) bond motifs is 3. The predicted molar refractivity (Wildman–Crippen MR) is 188 cm³/mol. The number of hydrogen-bond donors (Lipinski definition) is 2. The number of hydrogen-bond acceptors (Lipinski definition) is 13. The van der Waals surface area contributed by atoms with E-state index >= 15 is 0 Å². The lowest BCUT2D eigenvalue weighted by molar-refractivity contribution is -0.278. The molecule has 0 unspecified atom stereocenters. The molecule has 1 aliphatic heterocycles. The molecule has 1 saturated heterocycles. The van der Waals surface area contributed by atoms with Crippen LogP contribution in [0.15, 0.2) is 78.9 Å². The molecule has 54 heavy (non-hydrogen) atoms. The van der Waals surface area contributed by atoms with E-state index in [1.807, 2.05) is 48.5 Å². The summed E-state index contributed by atoms with van der Waals surface area (Å²) < 4.78 is 39.3. The van der Waals surface area contributed by atoms with Crippen LogP contribution < -0.4 is 10.6 Å². The Balaban J connectivity index is 1.36. The number of amides is 2. The van der Waals surface area contributed by atoms with E-state index in [0.29, 0.717) is 5.56 Å². The van der Waals surface area contributed by atoms with Gasteiger partial charge in [-0.2, -0.15) is 0 Å². The summed E-state index contributed by atoms with van der Waals surface area (Å²) in [4.78, 5) is 75.3. The number of alkyl carbamates (subject to hydrolysis) is 1. The lowest BCUT2D eigenvalue weighted by Gasteiger charge is -2.45. The average molecular weight is 747 g/mol. The summed E-state index contributed by atoms with van der Waals surface area (Å²) in [5.74, 6) is -3.98. The van der Waals surface area contributed by atoms with E-state index in [2.05, 4.69) is 10.6 Å². The fourth-order valence-corrected chi connectivity index (χ4v) is 6.40. The van der Waals surface area contributed by atoms with Crippen LogP contribution in [0.25, 0.3) is 11.1 Å². The van der Waals surface area contributed by atoms with Gasteiger partial charge in [0.15, 0.2) is 24.5 Å². The molecule has 3 aromatic rings. The van der Waals surface area contributed by atoms with Crippen LogP contribution in [0.4, 0.5) is 4.79 Å². The quantitative estimate of drug-likeness (QED) is 0.181. The van der Waals surface area contributed by atoms with Crippen molar-refractivity contribution in [2.75, 3.05) is 19.8 Å². The summed E-state index contributed by atoms with van der Waals surface area (Å²) in [6, 6.07) is 21.7. The van der Waals surface area contributed by atoms with Gasteiger partial charge in [0.1, 0.15) is 32.0 Å². The Bertz CT molecular complexity index is 1790. The third-order valence-electron chi connectivity index (χ3n) is 8.64. The highest BCUT2D eigenvalue weighted by atomic mass is 16.7. The van der Waals surface area contributed by atoms with E-state index in [1.165, 1.54) is 6.92 Å². The van der Waals surface area contributed by atoms with Gasteiger partial charge in [-0.15, -0.1) is 0 Å². The Labute approximate surface area is 311 Å². The molecule has 15 nitrogen and oxygen atoms in total. The first-order valence-electron chi connectivity index (χ1n) is 17.2. The molecule has 1 heterocycles.